The number of nitrogens with zero attached hydrogens (tertiary/aromatic N) is 1. The van der Waals surface area contributed by atoms with Gasteiger partial charge in [0.15, 0.2) is 0 Å². The average molecular weight is 577 g/mol. The zero-order chi connectivity index (χ0) is 31.0. The smallest absolute Gasteiger partial charge is 0.412 e. The van der Waals surface area contributed by atoms with Crippen molar-refractivity contribution in [2.24, 2.45) is 17.3 Å². The van der Waals surface area contributed by atoms with E-state index in [2.05, 4.69) is 31.3 Å². The summed E-state index contributed by atoms with van der Waals surface area (Å²) in [5, 5.41) is 14.0. The van der Waals surface area contributed by atoms with Gasteiger partial charge in [0, 0.05) is 18.0 Å². The van der Waals surface area contributed by atoms with Crippen LogP contribution in [0.2, 0.25) is 0 Å². The highest BCUT2D eigenvalue weighted by Gasteiger charge is 2.61. The summed E-state index contributed by atoms with van der Waals surface area (Å²) >= 11 is 0. The van der Waals surface area contributed by atoms with Gasteiger partial charge in [-0.25, -0.2) is 4.79 Å². The number of carbonyl (C=O) groups excluding carboxylic acids is 2. The van der Waals surface area contributed by atoms with Crippen LogP contribution in [0, 0.1) is 28.6 Å². The molecule has 220 valence electrons. The van der Waals surface area contributed by atoms with Gasteiger partial charge >= 0.3 is 12.1 Å². The Morgan fingerprint density at radius 3 is 2.26 bits per heavy atom. The Kier molecular flexibility index (Phi) is 9.84. The summed E-state index contributed by atoms with van der Waals surface area (Å²) in [7, 11) is 1.54. The normalized spacial score (nSPS) is 16.7. The lowest BCUT2D eigenvalue weighted by atomic mass is 10.1. The van der Waals surface area contributed by atoms with Gasteiger partial charge in [-0.2, -0.15) is 5.26 Å². The fourth-order valence-electron chi connectivity index (χ4n) is 4.96. The Morgan fingerprint density at radius 1 is 0.907 bits per heavy atom. The van der Waals surface area contributed by atoms with Gasteiger partial charge < -0.3 is 19.5 Å². The molecule has 1 N–H and O–H groups in total. The molecule has 0 radical (unpaired) electrons. The Bertz CT molecular complexity index is 1650. The minimum absolute atomic E-state index is 0.146. The molecule has 1 aliphatic rings. The van der Waals surface area contributed by atoms with E-state index in [0.717, 1.165) is 10.8 Å². The van der Waals surface area contributed by atoms with Gasteiger partial charge in [0.25, 0.3) is 0 Å². The third-order valence-electron chi connectivity index (χ3n) is 7.32. The number of fused-ring (bicyclic) bond motifs is 1. The topological polar surface area (TPSA) is 97.7 Å². The van der Waals surface area contributed by atoms with Crippen molar-refractivity contribution in [3.05, 3.63) is 114 Å². The molecule has 4 aromatic rings. The van der Waals surface area contributed by atoms with Crippen LogP contribution in [-0.4, -0.2) is 19.1 Å². The quantitative estimate of drug-likeness (QED) is 0.175. The summed E-state index contributed by atoms with van der Waals surface area (Å²) < 4.78 is 16.5. The summed E-state index contributed by atoms with van der Waals surface area (Å²) in [4.78, 5) is 23.8. The Balaban J connectivity index is 0.000000237. The summed E-state index contributed by atoms with van der Waals surface area (Å²) in [5.41, 5.74) is 1.63. The lowest BCUT2D eigenvalue weighted by Gasteiger charge is -2.13. The molecule has 1 amide bonds. The minimum atomic E-state index is -0.962. The number of para-hydroxylation sites is 1. The van der Waals surface area contributed by atoms with E-state index in [4.69, 9.17) is 14.2 Å². The lowest BCUT2D eigenvalue weighted by Crippen LogP contribution is -2.22. The summed E-state index contributed by atoms with van der Waals surface area (Å²) in [6, 6.07) is 32.0. The molecule has 1 aliphatic carbocycles. The van der Waals surface area contributed by atoms with Crippen LogP contribution in [0.15, 0.2) is 109 Å². The molecule has 3 atom stereocenters. The summed E-state index contributed by atoms with van der Waals surface area (Å²) in [6.45, 7) is 8.15. The molecule has 0 aliphatic heterocycles. The van der Waals surface area contributed by atoms with Gasteiger partial charge in [0.05, 0.1) is 5.92 Å². The van der Waals surface area contributed by atoms with Crippen LogP contribution >= 0.6 is 0 Å². The first-order chi connectivity index (χ1) is 20.6. The molecule has 3 unspecified atom stereocenters. The predicted octanol–water partition coefficient (Wildman–Crippen LogP) is 8.38. The van der Waals surface area contributed by atoms with Crippen LogP contribution in [0.3, 0.4) is 0 Å². The van der Waals surface area contributed by atoms with Crippen molar-refractivity contribution in [2.75, 3.05) is 7.05 Å². The first-order valence-corrected chi connectivity index (χ1v) is 14.1. The number of amides is 1. The van der Waals surface area contributed by atoms with Crippen LogP contribution in [0.1, 0.15) is 39.4 Å². The van der Waals surface area contributed by atoms with E-state index in [1.807, 2.05) is 86.6 Å². The summed E-state index contributed by atoms with van der Waals surface area (Å²) in [6.07, 6.45) is 0.698. The number of benzene rings is 4. The second-order valence-electron chi connectivity index (χ2n) is 11.1. The van der Waals surface area contributed by atoms with Gasteiger partial charge in [-0.1, -0.05) is 92.2 Å². The van der Waals surface area contributed by atoms with Gasteiger partial charge in [-0.05, 0) is 60.9 Å². The van der Waals surface area contributed by atoms with Crippen LogP contribution in [0.5, 0.6) is 17.2 Å². The second-order valence-corrected chi connectivity index (χ2v) is 11.1. The number of carbonyl (C=O) groups is 2. The molecule has 1 fully saturated rings. The number of ether oxygens (including phenoxy) is 3. The molecule has 0 bridgehead atoms. The summed E-state index contributed by atoms with van der Waals surface area (Å²) in [5.74, 6) is 1.48. The van der Waals surface area contributed by atoms with Crippen molar-refractivity contribution >= 4 is 22.8 Å². The first-order valence-electron chi connectivity index (χ1n) is 14.1. The van der Waals surface area contributed by atoms with Crippen molar-refractivity contribution in [3.63, 3.8) is 0 Å². The monoisotopic (exact) mass is 576 g/mol. The molecule has 0 saturated heterocycles. The largest absolute Gasteiger partial charge is 0.457 e. The molecule has 7 heteroatoms. The molecule has 0 aromatic heterocycles. The van der Waals surface area contributed by atoms with E-state index in [1.54, 1.807) is 24.3 Å². The third kappa shape index (κ3) is 7.81. The number of hydrogen-bond acceptors (Lipinski definition) is 6. The maximum atomic E-state index is 12.7. The maximum absolute atomic E-state index is 12.7. The van der Waals surface area contributed by atoms with Gasteiger partial charge in [-0.3, -0.25) is 4.79 Å². The van der Waals surface area contributed by atoms with E-state index in [0.29, 0.717) is 22.8 Å². The molecular formula is C36H36N2O5. The van der Waals surface area contributed by atoms with Crippen molar-refractivity contribution in [1.82, 2.24) is 5.32 Å². The first kappa shape index (κ1) is 30.9. The molecule has 7 nitrogen and oxygen atoms in total. The van der Waals surface area contributed by atoms with E-state index in [1.165, 1.54) is 12.6 Å². The van der Waals surface area contributed by atoms with Crippen LogP contribution < -0.4 is 14.8 Å². The lowest BCUT2D eigenvalue weighted by molar-refractivity contribution is -0.149. The third-order valence-corrected chi connectivity index (χ3v) is 7.32. The zero-order valence-corrected chi connectivity index (χ0v) is 25.0. The number of nitrogens with one attached hydrogen (secondary N) is 1. The molecule has 4 aromatic carbocycles. The van der Waals surface area contributed by atoms with Crippen molar-refractivity contribution in [3.8, 4) is 23.3 Å². The highest BCUT2D eigenvalue weighted by molar-refractivity contribution is 5.90. The zero-order valence-electron chi connectivity index (χ0n) is 25.0. The highest BCUT2D eigenvalue weighted by atomic mass is 16.6. The highest BCUT2D eigenvalue weighted by Crippen LogP contribution is 2.60. The van der Waals surface area contributed by atoms with Crippen molar-refractivity contribution in [2.45, 2.75) is 33.8 Å². The standard InChI is InChI=1S/C24H25NO3.C12H11NO2/c1-16(2)13-20-22(24(20,3)4)23(26)28-21(15-25)17-9-8-12-19(14-17)27-18-10-6-5-7-11-18;1-13-12(14)15-11-8-4-6-9-5-2-3-7-10(9)11/h5-14,20-22H,1-4H3;2-8H,1H3,(H,13,14). The van der Waals surface area contributed by atoms with Crippen molar-refractivity contribution < 1.29 is 23.8 Å². The SMILES string of the molecule is CC(C)=CC1C(C(=O)OC(C#N)c2cccc(Oc3ccccc3)c2)C1(C)C.CNC(=O)Oc1cccc2ccccc12. The van der Waals surface area contributed by atoms with E-state index in [-0.39, 0.29) is 23.2 Å². The molecule has 0 spiro atoms. The number of hydrogen-bond donors (Lipinski definition) is 1. The Hall–Kier alpha value is -5.09. The molecule has 1 saturated carbocycles. The fraction of sp³-hybridized carbons (Fsp3) is 0.250. The van der Waals surface area contributed by atoms with Gasteiger partial charge in [0.2, 0.25) is 6.10 Å². The van der Waals surface area contributed by atoms with Gasteiger partial charge in [0.1, 0.15) is 23.3 Å². The molecule has 5 rings (SSSR count). The Labute approximate surface area is 252 Å². The van der Waals surface area contributed by atoms with Crippen LogP contribution in [0.4, 0.5) is 4.79 Å². The number of allylic oxidation sites excluding steroid dienone is 2. The molecule has 43 heavy (non-hydrogen) atoms. The number of nitriles is 1. The predicted molar refractivity (Wildman–Crippen MR) is 167 cm³/mol. The van der Waals surface area contributed by atoms with Crippen LogP contribution in [0.25, 0.3) is 10.8 Å². The van der Waals surface area contributed by atoms with E-state index in [9.17, 15) is 14.9 Å². The van der Waals surface area contributed by atoms with E-state index < -0.39 is 12.2 Å². The average Bonchev–Trinajstić information content (AvgIpc) is 3.55. The van der Waals surface area contributed by atoms with Crippen molar-refractivity contribution in [1.29, 1.82) is 5.26 Å². The minimum Gasteiger partial charge on any atom is -0.457 e. The molecular weight excluding hydrogens is 540 g/mol. The van der Waals surface area contributed by atoms with Gasteiger partial charge in [-0.15, -0.1) is 0 Å². The second kappa shape index (κ2) is 13.7. The molecule has 0 heterocycles. The number of rotatable bonds is 7. The Morgan fingerprint density at radius 2 is 1.56 bits per heavy atom. The fourth-order valence-corrected chi connectivity index (χ4v) is 4.96. The van der Waals surface area contributed by atoms with E-state index >= 15 is 0 Å². The van der Waals surface area contributed by atoms with Crippen LogP contribution in [-0.2, 0) is 9.53 Å². The maximum Gasteiger partial charge on any atom is 0.412 e. The number of esters is 1.